The third-order valence-electron chi connectivity index (χ3n) is 11.1. The number of amides is 6. The molecule has 1 aromatic carbocycles. The molecule has 0 spiro atoms. The topological polar surface area (TPSA) is 227 Å². The Hall–Kier alpha value is -5.27. The molecule has 18 nitrogen and oxygen atoms in total. The van der Waals surface area contributed by atoms with E-state index in [-0.39, 0.29) is 32.5 Å². The molecule has 1 unspecified atom stereocenters. The smallest absolute Gasteiger partial charge is 0.410 e. The molecule has 2 bridgehead atoms. The van der Waals surface area contributed by atoms with E-state index in [2.05, 4.69) is 21.9 Å². The highest BCUT2D eigenvalue weighted by atomic mass is 32.2. The summed E-state index contributed by atoms with van der Waals surface area (Å²) in [6.07, 6.45) is -2.23. The number of morpholine rings is 1. The minimum absolute atomic E-state index is 0.0395. The zero-order chi connectivity index (χ0) is 42.5. The summed E-state index contributed by atoms with van der Waals surface area (Å²) >= 11 is 0. The van der Waals surface area contributed by atoms with Crippen molar-refractivity contribution in [3.63, 3.8) is 0 Å². The van der Waals surface area contributed by atoms with Gasteiger partial charge in [-0.05, 0) is 52.2 Å². The molecular formula is C38H49FN6O12S. The standard InChI is InChI=1S/C38H49FN6O12S/c1-7-20(2)38(6,34(50)42-58(53,54)24-11-12-24)41-31(47)28-13-23(56-36(52)43-16-21-9-8-10-26(39)25(21)19-43)18-45(28)32(48)27(40-35(51)57-37(3,4)5)15-30(46)44-17-22-14-29(44)33(49)55-22/h7-10,20,22-24,27-29H,1,11-19H2,2-6H3,(H,40,51)(H,41,47)(H,42,50)/t20?,22-,23-,27+,28+,29-,38-/m1/s1. The second kappa shape index (κ2) is 15.8. The van der Waals surface area contributed by atoms with Gasteiger partial charge in [0.15, 0.2) is 0 Å². The number of fused-ring (bicyclic) bond motifs is 3. The average molecular weight is 833 g/mol. The van der Waals surface area contributed by atoms with Gasteiger partial charge in [0.1, 0.15) is 47.3 Å². The predicted molar refractivity (Wildman–Crippen MR) is 200 cm³/mol. The Morgan fingerprint density at radius 2 is 1.76 bits per heavy atom. The number of nitrogens with zero attached hydrogens (tertiary/aromatic N) is 3. The lowest BCUT2D eigenvalue weighted by Gasteiger charge is -2.36. The van der Waals surface area contributed by atoms with Gasteiger partial charge in [0, 0.05) is 30.9 Å². The Bertz CT molecular complexity index is 2020. The average Bonchev–Trinajstić information content (AvgIpc) is 3.42. The van der Waals surface area contributed by atoms with Crippen molar-refractivity contribution in [1.29, 1.82) is 0 Å². The molecule has 4 aliphatic heterocycles. The van der Waals surface area contributed by atoms with Gasteiger partial charge in [-0.3, -0.25) is 28.8 Å². The molecule has 58 heavy (non-hydrogen) atoms. The number of hydrogen-bond acceptors (Lipinski definition) is 12. The number of hydrogen-bond donors (Lipinski definition) is 3. The number of nitrogens with one attached hydrogen (secondary N) is 3. The molecule has 1 aliphatic carbocycles. The van der Waals surface area contributed by atoms with E-state index < -0.39 is 123 Å². The Kier molecular flexibility index (Phi) is 11.5. The fourth-order valence-corrected chi connectivity index (χ4v) is 8.91. The first-order valence-electron chi connectivity index (χ1n) is 19.1. The van der Waals surface area contributed by atoms with Crippen LogP contribution in [0.25, 0.3) is 0 Å². The van der Waals surface area contributed by atoms with Crippen LogP contribution in [0.1, 0.15) is 77.8 Å². The molecule has 7 atom stereocenters. The lowest BCUT2D eigenvalue weighted by atomic mass is 9.85. The number of sulfonamides is 1. The van der Waals surface area contributed by atoms with E-state index in [0.29, 0.717) is 24.0 Å². The molecule has 6 rings (SSSR count). The van der Waals surface area contributed by atoms with Gasteiger partial charge < -0.3 is 34.6 Å². The van der Waals surface area contributed by atoms with Gasteiger partial charge in [-0.15, -0.1) is 6.58 Å². The number of benzene rings is 1. The monoisotopic (exact) mass is 832 g/mol. The van der Waals surface area contributed by atoms with E-state index in [1.807, 2.05) is 0 Å². The van der Waals surface area contributed by atoms with Crippen LogP contribution < -0.4 is 15.4 Å². The van der Waals surface area contributed by atoms with E-state index in [9.17, 15) is 46.4 Å². The van der Waals surface area contributed by atoms with Crippen molar-refractivity contribution in [2.45, 2.75) is 127 Å². The highest BCUT2D eigenvalue weighted by Crippen LogP contribution is 2.32. The summed E-state index contributed by atoms with van der Waals surface area (Å²) in [7, 11) is -4.06. The van der Waals surface area contributed by atoms with Crippen molar-refractivity contribution in [2.24, 2.45) is 5.92 Å². The Morgan fingerprint density at radius 3 is 2.36 bits per heavy atom. The van der Waals surface area contributed by atoms with Crippen LogP contribution in [0.2, 0.25) is 0 Å². The van der Waals surface area contributed by atoms with Crippen LogP contribution in [-0.4, -0.2) is 125 Å². The Morgan fingerprint density at radius 1 is 1.05 bits per heavy atom. The number of carbonyl (C=O) groups is 7. The molecule has 0 aromatic heterocycles. The highest BCUT2D eigenvalue weighted by molar-refractivity contribution is 7.91. The number of likely N-dealkylation sites (tertiary alicyclic amines) is 2. The third-order valence-corrected chi connectivity index (χ3v) is 12.9. The van der Waals surface area contributed by atoms with Gasteiger partial charge in [0.25, 0.3) is 5.91 Å². The minimum Gasteiger partial charge on any atom is -0.459 e. The molecular weight excluding hydrogens is 784 g/mol. The largest absolute Gasteiger partial charge is 0.459 e. The lowest BCUT2D eigenvalue weighted by Crippen LogP contribution is -2.64. The maximum atomic E-state index is 14.6. The van der Waals surface area contributed by atoms with E-state index in [1.165, 1.54) is 41.9 Å². The summed E-state index contributed by atoms with van der Waals surface area (Å²) in [5.41, 5.74) is -2.05. The normalized spacial score (nSPS) is 24.5. The Labute approximate surface area is 335 Å². The molecule has 0 radical (unpaired) electrons. The van der Waals surface area contributed by atoms with Crippen molar-refractivity contribution in [3.05, 3.63) is 47.8 Å². The summed E-state index contributed by atoms with van der Waals surface area (Å²) in [6, 6.07) is 0.425. The van der Waals surface area contributed by atoms with Crippen molar-refractivity contribution in [1.82, 2.24) is 30.1 Å². The maximum Gasteiger partial charge on any atom is 0.410 e. The van der Waals surface area contributed by atoms with Crippen molar-refractivity contribution >= 4 is 51.8 Å². The highest BCUT2D eigenvalue weighted by Gasteiger charge is 2.52. The number of halogens is 1. The van der Waals surface area contributed by atoms with E-state index >= 15 is 0 Å². The summed E-state index contributed by atoms with van der Waals surface area (Å²) in [5, 5.41) is 4.28. The first-order chi connectivity index (χ1) is 27.1. The second-order valence-electron chi connectivity index (χ2n) is 16.6. The first-order valence-corrected chi connectivity index (χ1v) is 20.7. The van der Waals surface area contributed by atoms with E-state index in [1.54, 1.807) is 26.8 Å². The second-order valence-corrected chi connectivity index (χ2v) is 18.6. The van der Waals surface area contributed by atoms with Crippen molar-refractivity contribution in [2.75, 3.05) is 13.1 Å². The summed E-state index contributed by atoms with van der Waals surface area (Å²) in [5.74, 6) is -5.56. The van der Waals surface area contributed by atoms with Crippen LogP contribution in [-0.2, 0) is 61.3 Å². The molecule has 4 heterocycles. The van der Waals surface area contributed by atoms with Crippen molar-refractivity contribution < 1.29 is 60.6 Å². The minimum atomic E-state index is -4.06. The van der Waals surface area contributed by atoms with Crippen LogP contribution in [0.3, 0.4) is 0 Å². The van der Waals surface area contributed by atoms with Crippen LogP contribution in [0.4, 0.5) is 14.0 Å². The first kappa shape index (κ1) is 42.3. The number of carbonyl (C=O) groups excluding carboxylic acids is 7. The fourth-order valence-electron chi connectivity index (χ4n) is 7.52. The molecule has 6 amide bonds. The zero-order valence-corrected chi connectivity index (χ0v) is 33.8. The molecule has 5 aliphatic rings. The third kappa shape index (κ3) is 8.90. The van der Waals surface area contributed by atoms with Crippen molar-refractivity contribution in [3.8, 4) is 0 Å². The molecule has 3 saturated heterocycles. The van der Waals surface area contributed by atoms with Crippen LogP contribution in [0.5, 0.6) is 0 Å². The summed E-state index contributed by atoms with van der Waals surface area (Å²) < 4.78 is 58.5. The quantitative estimate of drug-likeness (QED) is 0.154. The number of alkyl carbamates (subject to hydrolysis) is 1. The van der Waals surface area contributed by atoms with E-state index in [4.69, 9.17) is 14.2 Å². The van der Waals surface area contributed by atoms with Crippen LogP contribution in [0, 0.1) is 11.7 Å². The molecule has 4 fully saturated rings. The SMILES string of the molecule is C=CC(C)[C@@](C)(NC(=O)[C@@H]1C[C@@H](OC(=O)N2Cc3cccc(F)c3C2)CN1C(=O)[C@H](CC(=O)N1C[C@H]2C[C@@H]1C(=O)O2)NC(=O)OC(C)(C)C)C(=O)NS(=O)(=O)C1CC1. The summed E-state index contributed by atoms with van der Waals surface area (Å²) in [4.78, 5) is 98.7. The van der Waals surface area contributed by atoms with Gasteiger partial charge in [-0.25, -0.2) is 27.2 Å². The lowest BCUT2D eigenvalue weighted by molar-refractivity contribution is -0.157. The Balaban J connectivity index is 1.27. The number of ether oxygens (including phenoxy) is 3. The molecule has 1 aromatic rings. The zero-order valence-electron chi connectivity index (χ0n) is 32.9. The molecule has 3 N–H and O–H groups in total. The molecule has 1 saturated carbocycles. The summed E-state index contributed by atoms with van der Waals surface area (Å²) in [6.45, 7) is 10.9. The van der Waals surface area contributed by atoms with Gasteiger partial charge in [-0.1, -0.05) is 25.1 Å². The van der Waals surface area contributed by atoms with Gasteiger partial charge in [0.05, 0.1) is 31.3 Å². The van der Waals surface area contributed by atoms with Crippen LogP contribution in [0.15, 0.2) is 30.9 Å². The number of rotatable bonds is 12. The maximum absolute atomic E-state index is 14.6. The van der Waals surface area contributed by atoms with Gasteiger partial charge in [0.2, 0.25) is 27.7 Å². The predicted octanol–water partition coefficient (Wildman–Crippen LogP) is 1.36. The van der Waals surface area contributed by atoms with Gasteiger partial charge in [-0.2, -0.15) is 0 Å². The van der Waals surface area contributed by atoms with Crippen LogP contribution >= 0.6 is 0 Å². The molecule has 20 heteroatoms. The number of esters is 1. The fraction of sp³-hybridized carbons (Fsp3) is 0.605. The van der Waals surface area contributed by atoms with E-state index in [0.717, 1.165) is 4.90 Å². The molecule has 316 valence electrons. The van der Waals surface area contributed by atoms with Gasteiger partial charge >= 0.3 is 18.2 Å².